The van der Waals surface area contributed by atoms with Crippen molar-refractivity contribution in [1.82, 2.24) is 10.3 Å². The van der Waals surface area contributed by atoms with Gasteiger partial charge in [0.1, 0.15) is 5.52 Å². The SMILES string of the molecule is Cc1nc2cc(CNCBr)ccc2o1. The summed E-state index contributed by atoms with van der Waals surface area (Å²) in [6, 6.07) is 6.05. The highest BCUT2D eigenvalue weighted by molar-refractivity contribution is 9.09. The molecule has 1 heterocycles. The van der Waals surface area contributed by atoms with E-state index < -0.39 is 0 Å². The molecule has 14 heavy (non-hydrogen) atoms. The van der Waals surface area contributed by atoms with E-state index in [0.717, 1.165) is 23.1 Å². The van der Waals surface area contributed by atoms with Crippen molar-refractivity contribution >= 4 is 27.0 Å². The Balaban J connectivity index is 2.31. The minimum absolute atomic E-state index is 0.714. The second-order valence-electron chi connectivity index (χ2n) is 3.10. The van der Waals surface area contributed by atoms with Crippen LogP contribution in [0.2, 0.25) is 0 Å². The smallest absolute Gasteiger partial charge is 0.192 e. The summed E-state index contributed by atoms with van der Waals surface area (Å²) in [5, 5.41) is 3.19. The quantitative estimate of drug-likeness (QED) is 0.676. The summed E-state index contributed by atoms with van der Waals surface area (Å²) in [6.07, 6.45) is 0. The lowest BCUT2D eigenvalue weighted by atomic mass is 10.2. The number of benzene rings is 1. The lowest BCUT2D eigenvalue weighted by molar-refractivity contribution is 0.561. The molecule has 0 unspecified atom stereocenters. The molecule has 0 spiro atoms. The molecule has 2 aromatic rings. The predicted molar refractivity (Wildman–Crippen MR) is 59.4 cm³/mol. The standard InChI is InChI=1S/C10H11BrN2O/c1-7-13-9-4-8(5-12-6-11)2-3-10(9)14-7/h2-4,12H,5-6H2,1H3. The second kappa shape index (κ2) is 4.11. The van der Waals surface area contributed by atoms with Crippen LogP contribution in [0.1, 0.15) is 11.5 Å². The van der Waals surface area contributed by atoms with Crippen LogP contribution in [0.5, 0.6) is 0 Å². The van der Waals surface area contributed by atoms with Crippen molar-refractivity contribution in [2.24, 2.45) is 0 Å². The van der Waals surface area contributed by atoms with Crippen molar-refractivity contribution in [2.45, 2.75) is 13.5 Å². The number of aryl methyl sites for hydroxylation is 1. The Labute approximate surface area is 90.6 Å². The normalized spacial score (nSPS) is 11.0. The number of hydrogen-bond donors (Lipinski definition) is 1. The zero-order valence-corrected chi connectivity index (χ0v) is 9.47. The molecule has 74 valence electrons. The second-order valence-corrected chi connectivity index (χ2v) is 3.66. The minimum atomic E-state index is 0.714. The van der Waals surface area contributed by atoms with Crippen molar-refractivity contribution in [3.8, 4) is 0 Å². The number of nitrogens with zero attached hydrogens (tertiary/aromatic N) is 1. The van der Waals surface area contributed by atoms with Crippen molar-refractivity contribution in [3.63, 3.8) is 0 Å². The van der Waals surface area contributed by atoms with E-state index in [2.05, 4.69) is 26.2 Å². The highest BCUT2D eigenvalue weighted by Gasteiger charge is 2.02. The average Bonchev–Trinajstić information content (AvgIpc) is 2.54. The summed E-state index contributed by atoms with van der Waals surface area (Å²) in [7, 11) is 0. The Morgan fingerprint density at radius 1 is 1.50 bits per heavy atom. The molecular formula is C10H11BrN2O. The minimum Gasteiger partial charge on any atom is -0.441 e. The molecule has 0 bridgehead atoms. The highest BCUT2D eigenvalue weighted by Crippen LogP contribution is 2.16. The van der Waals surface area contributed by atoms with E-state index in [4.69, 9.17) is 4.42 Å². The van der Waals surface area contributed by atoms with Crippen LogP contribution in [0, 0.1) is 6.92 Å². The highest BCUT2D eigenvalue weighted by atomic mass is 79.9. The third-order valence-corrected chi connectivity index (χ3v) is 2.38. The van der Waals surface area contributed by atoms with Crippen LogP contribution in [-0.2, 0) is 6.54 Å². The fourth-order valence-corrected chi connectivity index (χ4v) is 1.59. The lowest BCUT2D eigenvalue weighted by Gasteiger charge is -1.99. The summed E-state index contributed by atoms with van der Waals surface area (Å²) in [4.78, 5) is 4.28. The van der Waals surface area contributed by atoms with Gasteiger partial charge in [-0.3, -0.25) is 0 Å². The van der Waals surface area contributed by atoms with E-state index >= 15 is 0 Å². The van der Waals surface area contributed by atoms with Gasteiger partial charge >= 0.3 is 0 Å². The fraction of sp³-hybridized carbons (Fsp3) is 0.300. The van der Waals surface area contributed by atoms with Crippen LogP contribution >= 0.6 is 15.9 Å². The summed E-state index contributed by atoms with van der Waals surface area (Å²) in [5.41, 5.74) is 3.79. The summed E-state index contributed by atoms with van der Waals surface area (Å²) in [6.45, 7) is 2.70. The van der Waals surface area contributed by atoms with E-state index in [0.29, 0.717) is 5.89 Å². The monoisotopic (exact) mass is 254 g/mol. The van der Waals surface area contributed by atoms with E-state index in [1.807, 2.05) is 25.1 Å². The maximum atomic E-state index is 5.39. The molecule has 2 rings (SSSR count). The number of fused-ring (bicyclic) bond motifs is 1. The molecule has 1 N–H and O–H groups in total. The molecule has 0 radical (unpaired) electrons. The van der Waals surface area contributed by atoms with Gasteiger partial charge in [-0.25, -0.2) is 4.98 Å². The van der Waals surface area contributed by atoms with Gasteiger partial charge < -0.3 is 9.73 Å². The Morgan fingerprint density at radius 3 is 3.14 bits per heavy atom. The Kier molecular flexibility index (Phi) is 2.84. The third kappa shape index (κ3) is 1.96. The molecule has 0 amide bonds. The zero-order chi connectivity index (χ0) is 9.97. The number of oxazole rings is 1. The number of hydrogen-bond acceptors (Lipinski definition) is 3. The summed E-state index contributed by atoms with van der Waals surface area (Å²) in [5.74, 6) is 0.714. The maximum Gasteiger partial charge on any atom is 0.192 e. The summed E-state index contributed by atoms with van der Waals surface area (Å²) < 4.78 is 5.39. The molecule has 3 nitrogen and oxygen atoms in total. The number of nitrogens with one attached hydrogen (secondary N) is 1. The molecule has 1 aromatic carbocycles. The van der Waals surface area contributed by atoms with Gasteiger partial charge in [0.05, 0.1) is 5.45 Å². The number of rotatable bonds is 3. The van der Waals surface area contributed by atoms with Crippen LogP contribution in [-0.4, -0.2) is 10.4 Å². The number of halogens is 1. The first-order valence-electron chi connectivity index (χ1n) is 4.42. The fourth-order valence-electron chi connectivity index (χ4n) is 1.39. The van der Waals surface area contributed by atoms with Crippen molar-refractivity contribution in [1.29, 1.82) is 0 Å². The molecular weight excluding hydrogens is 244 g/mol. The predicted octanol–water partition coefficient (Wildman–Crippen LogP) is 2.58. The van der Waals surface area contributed by atoms with Gasteiger partial charge in [-0.15, -0.1) is 0 Å². The molecule has 0 aliphatic rings. The molecule has 4 heteroatoms. The van der Waals surface area contributed by atoms with Gasteiger partial charge in [-0.1, -0.05) is 22.0 Å². The van der Waals surface area contributed by atoms with Gasteiger partial charge in [0.2, 0.25) is 0 Å². The first kappa shape index (κ1) is 9.68. The number of alkyl halides is 1. The first-order valence-corrected chi connectivity index (χ1v) is 5.54. The topological polar surface area (TPSA) is 38.1 Å². The van der Waals surface area contributed by atoms with Crippen LogP contribution < -0.4 is 5.32 Å². The van der Waals surface area contributed by atoms with E-state index in [1.165, 1.54) is 5.56 Å². The molecule has 0 aliphatic heterocycles. The third-order valence-electron chi connectivity index (χ3n) is 1.98. The van der Waals surface area contributed by atoms with E-state index in [9.17, 15) is 0 Å². The Morgan fingerprint density at radius 2 is 2.36 bits per heavy atom. The average molecular weight is 255 g/mol. The van der Waals surface area contributed by atoms with Gasteiger partial charge in [-0.05, 0) is 17.7 Å². The molecule has 1 aromatic heterocycles. The molecule has 0 aliphatic carbocycles. The van der Waals surface area contributed by atoms with Gasteiger partial charge in [0.15, 0.2) is 11.5 Å². The first-order chi connectivity index (χ1) is 6.79. The van der Waals surface area contributed by atoms with Crippen molar-refractivity contribution in [3.05, 3.63) is 29.7 Å². The van der Waals surface area contributed by atoms with Gasteiger partial charge in [0.25, 0.3) is 0 Å². The van der Waals surface area contributed by atoms with E-state index in [-0.39, 0.29) is 0 Å². The van der Waals surface area contributed by atoms with Gasteiger partial charge in [-0.2, -0.15) is 0 Å². The van der Waals surface area contributed by atoms with Crippen LogP contribution in [0.3, 0.4) is 0 Å². The maximum absolute atomic E-state index is 5.39. The zero-order valence-electron chi connectivity index (χ0n) is 7.88. The van der Waals surface area contributed by atoms with Crippen molar-refractivity contribution in [2.75, 3.05) is 5.45 Å². The molecule has 0 saturated heterocycles. The van der Waals surface area contributed by atoms with Gasteiger partial charge in [0, 0.05) is 13.5 Å². The van der Waals surface area contributed by atoms with Crippen LogP contribution in [0.15, 0.2) is 22.6 Å². The Hall–Kier alpha value is -0.870. The molecule has 0 fully saturated rings. The van der Waals surface area contributed by atoms with Crippen LogP contribution in [0.4, 0.5) is 0 Å². The van der Waals surface area contributed by atoms with Crippen molar-refractivity contribution < 1.29 is 4.42 Å². The lowest BCUT2D eigenvalue weighted by Crippen LogP contribution is -2.09. The Bertz CT molecular complexity index is 439. The van der Waals surface area contributed by atoms with Crippen LogP contribution in [0.25, 0.3) is 11.1 Å². The molecule has 0 saturated carbocycles. The summed E-state index contributed by atoms with van der Waals surface area (Å²) >= 11 is 3.32. The number of aromatic nitrogens is 1. The largest absolute Gasteiger partial charge is 0.441 e. The molecule has 0 atom stereocenters. The van der Waals surface area contributed by atoms with E-state index in [1.54, 1.807) is 0 Å².